The van der Waals surface area contributed by atoms with Gasteiger partial charge in [-0.25, -0.2) is 18.0 Å². The number of rotatable bonds is 8. The summed E-state index contributed by atoms with van der Waals surface area (Å²) in [6.07, 6.45) is 5.13. The van der Waals surface area contributed by atoms with E-state index in [1.54, 1.807) is 18.2 Å². The van der Waals surface area contributed by atoms with E-state index >= 15 is 0 Å². The Morgan fingerprint density at radius 1 is 0.851 bits per heavy atom. The number of aryl methyl sites for hydroxylation is 4. The number of fused-ring (bicyclic) bond motifs is 4. The molecule has 1 atom stereocenters. The summed E-state index contributed by atoms with van der Waals surface area (Å²) in [4.78, 5) is 35.8. The van der Waals surface area contributed by atoms with Crippen LogP contribution in [-0.2, 0) is 25.8 Å². The quantitative estimate of drug-likeness (QED) is 0.199. The lowest BCUT2D eigenvalue weighted by Gasteiger charge is -2.18. The summed E-state index contributed by atoms with van der Waals surface area (Å²) in [6.45, 7) is 1.19. The summed E-state index contributed by atoms with van der Waals surface area (Å²) in [7, 11) is 0. The lowest BCUT2D eigenvalue weighted by Crippen LogP contribution is -2.23. The Kier molecular flexibility index (Phi) is 7.04. The van der Waals surface area contributed by atoms with Crippen LogP contribution in [0, 0.1) is 17.5 Å². The van der Waals surface area contributed by atoms with Crippen LogP contribution in [-0.4, -0.2) is 37.0 Å². The van der Waals surface area contributed by atoms with Crippen LogP contribution < -0.4 is 5.76 Å². The van der Waals surface area contributed by atoms with Crippen LogP contribution in [0.4, 0.5) is 13.2 Å². The van der Waals surface area contributed by atoms with Crippen LogP contribution in [0.2, 0.25) is 0 Å². The number of carbonyl (C=O) groups is 1. The number of amides is 1. The van der Waals surface area contributed by atoms with Gasteiger partial charge in [0.05, 0.1) is 28.6 Å². The lowest BCUT2D eigenvalue weighted by molar-refractivity contribution is 0.0776. The maximum absolute atomic E-state index is 14.0. The van der Waals surface area contributed by atoms with Gasteiger partial charge in [0.2, 0.25) is 0 Å². The zero-order valence-electron chi connectivity index (χ0n) is 25.1. The molecule has 0 aliphatic carbocycles. The molecule has 0 saturated carbocycles. The number of pyridine rings is 1. The number of halogens is 3. The number of nitrogens with one attached hydrogen (secondary N) is 1. The van der Waals surface area contributed by atoms with E-state index in [0.29, 0.717) is 60.3 Å². The van der Waals surface area contributed by atoms with E-state index < -0.39 is 17.4 Å². The van der Waals surface area contributed by atoms with E-state index in [0.717, 1.165) is 46.6 Å². The zero-order valence-corrected chi connectivity index (χ0v) is 25.1. The topological polar surface area (TPSA) is 97.0 Å². The second-order valence-corrected chi connectivity index (χ2v) is 12.1. The minimum Gasteiger partial charge on any atom is -0.347 e. The molecule has 3 aromatic heterocycles. The van der Waals surface area contributed by atoms with Crippen molar-refractivity contribution in [3.05, 3.63) is 129 Å². The molecular weight excluding hydrogens is 607 g/mol. The fourth-order valence-electron chi connectivity index (χ4n) is 7.02. The van der Waals surface area contributed by atoms with E-state index in [1.165, 1.54) is 18.2 Å². The van der Waals surface area contributed by atoms with Gasteiger partial charge in [0.15, 0.2) is 17.5 Å². The van der Waals surface area contributed by atoms with E-state index in [4.69, 9.17) is 9.51 Å². The third-order valence-electron chi connectivity index (χ3n) is 9.27. The first-order valence-corrected chi connectivity index (χ1v) is 15.6. The number of hydrogen-bond donors (Lipinski definition) is 1. The van der Waals surface area contributed by atoms with Crippen molar-refractivity contribution in [3.63, 3.8) is 0 Å². The number of nitrogens with zero attached hydrogens (tertiary/aromatic N) is 4. The highest BCUT2D eigenvalue weighted by molar-refractivity contribution is 6.09. The van der Waals surface area contributed by atoms with Crippen molar-refractivity contribution in [1.82, 2.24) is 24.6 Å². The molecule has 0 unspecified atom stereocenters. The van der Waals surface area contributed by atoms with Crippen molar-refractivity contribution in [1.29, 1.82) is 0 Å². The number of benzene rings is 3. The molecule has 8 rings (SSSR count). The molecule has 0 radical (unpaired) electrons. The molecule has 0 bridgehead atoms. The summed E-state index contributed by atoms with van der Waals surface area (Å²) in [5.74, 6) is -2.71. The van der Waals surface area contributed by atoms with Gasteiger partial charge < -0.3 is 9.47 Å². The van der Waals surface area contributed by atoms with Gasteiger partial charge >= 0.3 is 5.76 Å². The van der Waals surface area contributed by atoms with Crippen LogP contribution in [0.1, 0.15) is 51.8 Å². The van der Waals surface area contributed by atoms with E-state index in [-0.39, 0.29) is 23.6 Å². The fraction of sp³-hybridized carbons (Fsp3) is 0.222. The molecule has 3 aromatic carbocycles. The Bertz CT molecular complexity index is 2240. The molecule has 1 fully saturated rings. The van der Waals surface area contributed by atoms with Gasteiger partial charge in [-0.2, -0.15) is 0 Å². The third-order valence-corrected chi connectivity index (χ3v) is 9.27. The van der Waals surface area contributed by atoms with Gasteiger partial charge in [-0.3, -0.25) is 19.3 Å². The van der Waals surface area contributed by atoms with Crippen molar-refractivity contribution in [2.24, 2.45) is 0 Å². The average molecular weight is 636 g/mol. The number of carbonyl (C=O) groups excluding carboxylic acids is 1. The molecule has 0 spiro atoms. The number of aromatic amines is 1. The second kappa shape index (κ2) is 11.4. The van der Waals surface area contributed by atoms with E-state index in [1.807, 2.05) is 39.9 Å². The Morgan fingerprint density at radius 2 is 1.68 bits per heavy atom. The number of hydrogen-bond acceptors (Lipinski definition) is 5. The smallest absolute Gasteiger partial charge is 0.347 e. The standard InChI is InChI=1S/C36H28F3N5O3/c37-24-8-3-20(4-9-24)6-11-27-31(34-41-36(46)47-42-34)30(32-33(40-27)29-2-1-15-44(29)35(32)45)23-7-12-28-22(19-23)14-17-43(28)16-13-21-5-10-25(38)26(39)18-21/h3-5,7-10,12,14,17-19,29H,1-2,6,11,13,15-16H2,(H,41,42,46)/t29-/m0/s1. The van der Waals surface area contributed by atoms with Crippen molar-refractivity contribution in [3.8, 4) is 22.5 Å². The highest BCUT2D eigenvalue weighted by Gasteiger charge is 2.44. The van der Waals surface area contributed by atoms with Crippen LogP contribution >= 0.6 is 0 Å². The first-order valence-electron chi connectivity index (χ1n) is 15.6. The normalized spacial score (nSPS) is 15.5. The Labute approximate surface area is 266 Å². The lowest BCUT2D eigenvalue weighted by atomic mass is 9.89. The van der Waals surface area contributed by atoms with Crippen LogP contribution in [0.3, 0.4) is 0 Å². The highest BCUT2D eigenvalue weighted by atomic mass is 19.2. The summed E-state index contributed by atoms with van der Waals surface area (Å²) in [5, 5.41) is 4.96. The maximum Gasteiger partial charge on any atom is 0.439 e. The van der Waals surface area contributed by atoms with E-state index in [9.17, 15) is 22.8 Å². The molecule has 6 aromatic rings. The predicted octanol–water partition coefficient (Wildman–Crippen LogP) is 6.78. The van der Waals surface area contributed by atoms with Gasteiger partial charge in [0, 0.05) is 35.8 Å². The Morgan fingerprint density at radius 3 is 2.47 bits per heavy atom. The minimum atomic E-state index is -0.873. The van der Waals surface area contributed by atoms with Gasteiger partial charge in [-0.15, -0.1) is 0 Å². The van der Waals surface area contributed by atoms with E-state index in [2.05, 4.69) is 10.1 Å². The summed E-state index contributed by atoms with van der Waals surface area (Å²) in [6, 6.07) is 18.0. The molecule has 1 saturated heterocycles. The zero-order chi connectivity index (χ0) is 32.2. The van der Waals surface area contributed by atoms with Gasteiger partial charge in [-0.1, -0.05) is 29.4 Å². The molecule has 2 aliphatic rings. The van der Waals surface area contributed by atoms with Gasteiger partial charge in [0.1, 0.15) is 5.82 Å². The Hall–Kier alpha value is -5.45. The van der Waals surface area contributed by atoms with Crippen molar-refractivity contribution in [2.75, 3.05) is 6.54 Å². The molecular formula is C36H28F3N5O3. The molecule has 1 N–H and O–H groups in total. The molecule has 5 heterocycles. The first-order chi connectivity index (χ1) is 22.8. The summed E-state index contributed by atoms with van der Waals surface area (Å²) in [5.41, 5.74) is 6.30. The van der Waals surface area contributed by atoms with Gasteiger partial charge in [0.25, 0.3) is 5.91 Å². The van der Waals surface area contributed by atoms with Crippen molar-refractivity contribution in [2.45, 2.75) is 44.7 Å². The molecule has 1 amide bonds. The summed E-state index contributed by atoms with van der Waals surface area (Å²) >= 11 is 0. The number of H-pyrrole nitrogens is 1. The minimum absolute atomic E-state index is 0.105. The van der Waals surface area contributed by atoms with Crippen LogP contribution in [0.25, 0.3) is 33.4 Å². The third kappa shape index (κ3) is 5.11. The predicted molar refractivity (Wildman–Crippen MR) is 168 cm³/mol. The van der Waals surface area contributed by atoms with Gasteiger partial charge in [-0.05, 0) is 91.3 Å². The first kappa shape index (κ1) is 29.0. The second-order valence-electron chi connectivity index (χ2n) is 12.1. The van der Waals surface area contributed by atoms with Crippen molar-refractivity contribution >= 4 is 16.8 Å². The largest absolute Gasteiger partial charge is 0.439 e. The fourth-order valence-corrected chi connectivity index (χ4v) is 7.02. The molecule has 47 heavy (non-hydrogen) atoms. The molecule has 2 aliphatic heterocycles. The molecule has 8 nitrogen and oxygen atoms in total. The Balaban J connectivity index is 1.25. The number of aromatic nitrogens is 4. The van der Waals surface area contributed by atoms with Crippen LogP contribution in [0.15, 0.2) is 82.2 Å². The van der Waals surface area contributed by atoms with Crippen molar-refractivity contribution < 1.29 is 22.5 Å². The molecule has 11 heteroatoms. The highest BCUT2D eigenvalue weighted by Crippen LogP contribution is 2.47. The van der Waals surface area contributed by atoms with Crippen LogP contribution in [0.5, 0.6) is 0 Å². The maximum atomic E-state index is 14.0. The molecule has 236 valence electrons. The average Bonchev–Trinajstić information content (AvgIpc) is 3.87. The SMILES string of the molecule is O=C1c2c(nc(CCc3ccc(F)cc3)c(-c3noc(=O)[nH]3)c2-c2ccc3c(ccn3CCc3ccc(F)c(F)c3)c2)[C@@H]2CCCN12. The monoisotopic (exact) mass is 635 g/mol. The summed E-state index contributed by atoms with van der Waals surface area (Å²) < 4.78 is 47.8.